The first-order valence-corrected chi connectivity index (χ1v) is 8.24. The molecule has 2 fully saturated rings. The number of nitrogens with one attached hydrogen (secondary N) is 1. The monoisotopic (exact) mass is 294 g/mol. The molecular formula is C14H22N4OS. The zero-order chi connectivity index (χ0) is 14.1. The van der Waals surface area contributed by atoms with Gasteiger partial charge in [0.05, 0.1) is 6.04 Å². The summed E-state index contributed by atoms with van der Waals surface area (Å²) in [6.45, 7) is 4.96. The standard InChI is InChI=1S/C14H22N4OS/c1-9(15)14-17-12(8-20-14)13(19)16-6-10-4-5-18(7-10)11-2-3-11/h8-11H,2-7,15H2,1H3,(H,16,19). The summed E-state index contributed by atoms with van der Waals surface area (Å²) in [6.07, 6.45) is 3.91. The number of likely N-dealkylation sites (tertiary alicyclic amines) is 1. The minimum absolute atomic E-state index is 0.0713. The van der Waals surface area contributed by atoms with E-state index in [1.807, 2.05) is 6.92 Å². The van der Waals surface area contributed by atoms with Crippen LogP contribution in [-0.4, -0.2) is 41.5 Å². The summed E-state index contributed by atoms with van der Waals surface area (Å²) in [7, 11) is 0. The first-order valence-electron chi connectivity index (χ1n) is 7.36. The van der Waals surface area contributed by atoms with Crippen LogP contribution in [0.15, 0.2) is 5.38 Å². The lowest BCUT2D eigenvalue weighted by molar-refractivity contribution is 0.0943. The largest absolute Gasteiger partial charge is 0.350 e. The number of rotatable bonds is 5. The topological polar surface area (TPSA) is 71.2 Å². The van der Waals surface area contributed by atoms with Crippen molar-refractivity contribution in [2.24, 2.45) is 11.7 Å². The van der Waals surface area contributed by atoms with Crippen molar-refractivity contribution in [3.8, 4) is 0 Å². The Hall–Kier alpha value is -0.980. The Balaban J connectivity index is 1.46. The number of carbonyl (C=O) groups is 1. The van der Waals surface area contributed by atoms with E-state index in [2.05, 4.69) is 15.2 Å². The lowest BCUT2D eigenvalue weighted by Crippen LogP contribution is -2.31. The predicted octanol–water partition coefficient (Wildman–Crippen LogP) is 1.38. The van der Waals surface area contributed by atoms with Crippen LogP contribution < -0.4 is 11.1 Å². The summed E-state index contributed by atoms with van der Waals surface area (Å²) in [5.41, 5.74) is 6.26. The summed E-state index contributed by atoms with van der Waals surface area (Å²) < 4.78 is 0. The van der Waals surface area contributed by atoms with Gasteiger partial charge in [0.1, 0.15) is 10.7 Å². The fourth-order valence-electron chi connectivity index (χ4n) is 2.73. The van der Waals surface area contributed by atoms with E-state index in [1.54, 1.807) is 5.38 Å². The predicted molar refractivity (Wildman–Crippen MR) is 79.8 cm³/mol. The van der Waals surface area contributed by atoms with Gasteiger partial charge in [-0.3, -0.25) is 4.79 Å². The zero-order valence-corrected chi connectivity index (χ0v) is 12.7. The zero-order valence-electron chi connectivity index (χ0n) is 11.8. The molecule has 0 aromatic carbocycles. The number of carbonyl (C=O) groups excluding carboxylic acids is 1. The second-order valence-electron chi connectivity index (χ2n) is 5.95. The fraction of sp³-hybridized carbons (Fsp3) is 0.714. The van der Waals surface area contributed by atoms with Crippen molar-refractivity contribution in [1.82, 2.24) is 15.2 Å². The molecule has 1 aromatic rings. The Morgan fingerprint density at radius 2 is 2.40 bits per heavy atom. The fourth-order valence-corrected chi connectivity index (χ4v) is 3.49. The van der Waals surface area contributed by atoms with Crippen LogP contribution in [0, 0.1) is 5.92 Å². The maximum atomic E-state index is 12.0. The molecule has 1 saturated heterocycles. The molecule has 1 amide bonds. The average molecular weight is 294 g/mol. The van der Waals surface area contributed by atoms with Crippen molar-refractivity contribution in [1.29, 1.82) is 0 Å². The molecular weight excluding hydrogens is 272 g/mol. The Morgan fingerprint density at radius 3 is 3.05 bits per heavy atom. The van der Waals surface area contributed by atoms with E-state index in [1.165, 1.54) is 37.1 Å². The van der Waals surface area contributed by atoms with Gasteiger partial charge >= 0.3 is 0 Å². The maximum absolute atomic E-state index is 12.0. The van der Waals surface area contributed by atoms with Gasteiger partial charge in [-0.25, -0.2) is 4.98 Å². The van der Waals surface area contributed by atoms with Crippen molar-refractivity contribution >= 4 is 17.2 Å². The van der Waals surface area contributed by atoms with Gasteiger partial charge in [-0.1, -0.05) is 0 Å². The second kappa shape index (κ2) is 5.79. The molecule has 3 N–H and O–H groups in total. The summed E-state index contributed by atoms with van der Waals surface area (Å²) in [5, 5.41) is 5.62. The molecule has 3 rings (SSSR count). The van der Waals surface area contributed by atoms with E-state index in [4.69, 9.17) is 5.73 Å². The number of thiazole rings is 1. The van der Waals surface area contributed by atoms with E-state index in [-0.39, 0.29) is 11.9 Å². The van der Waals surface area contributed by atoms with Gasteiger partial charge in [0.2, 0.25) is 0 Å². The molecule has 2 atom stereocenters. The van der Waals surface area contributed by atoms with Gasteiger partial charge in [0.15, 0.2) is 0 Å². The van der Waals surface area contributed by atoms with Gasteiger partial charge in [-0.05, 0) is 38.6 Å². The highest BCUT2D eigenvalue weighted by Crippen LogP contribution is 2.31. The van der Waals surface area contributed by atoms with Gasteiger partial charge < -0.3 is 16.0 Å². The summed E-state index contributed by atoms with van der Waals surface area (Å²) in [4.78, 5) is 18.9. The minimum Gasteiger partial charge on any atom is -0.350 e. The third-order valence-corrected chi connectivity index (χ3v) is 5.12. The van der Waals surface area contributed by atoms with Crippen LogP contribution in [0.1, 0.15) is 47.7 Å². The summed E-state index contributed by atoms with van der Waals surface area (Å²) in [5.74, 6) is 0.518. The first kappa shape index (κ1) is 14.0. The van der Waals surface area contributed by atoms with Gasteiger partial charge in [-0.15, -0.1) is 11.3 Å². The van der Waals surface area contributed by atoms with Crippen LogP contribution in [0.3, 0.4) is 0 Å². The molecule has 0 radical (unpaired) electrons. The van der Waals surface area contributed by atoms with Crippen LogP contribution in [0.5, 0.6) is 0 Å². The van der Waals surface area contributed by atoms with Gasteiger partial charge in [-0.2, -0.15) is 0 Å². The van der Waals surface area contributed by atoms with Crippen LogP contribution >= 0.6 is 11.3 Å². The molecule has 1 aliphatic heterocycles. The normalized spacial score (nSPS) is 24.8. The number of amides is 1. The molecule has 1 aliphatic carbocycles. The van der Waals surface area contributed by atoms with Crippen molar-refractivity contribution in [2.75, 3.05) is 19.6 Å². The van der Waals surface area contributed by atoms with Crippen LogP contribution in [0.2, 0.25) is 0 Å². The van der Waals surface area contributed by atoms with E-state index in [9.17, 15) is 4.79 Å². The molecule has 1 saturated carbocycles. The Kier molecular flexibility index (Phi) is 4.05. The number of hydrogen-bond donors (Lipinski definition) is 2. The average Bonchev–Trinajstić information content (AvgIpc) is 2.98. The van der Waals surface area contributed by atoms with Crippen LogP contribution in [0.4, 0.5) is 0 Å². The van der Waals surface area contributed by atoms with Crippen molar-refractivity contribution in [3.05, 3.63) is 16.1 Å². The third kappa shape index (κ3) is 3.19. The summed E-state index contributed by atoms with van der Waals surface area (Å²) in [6, 6.07) is 0.728. The molecule has 0 bridgehead atoms. The molecule has 6 heteroatoms. The quantitative estimate of drug-likeness (QED) is 0.860. The van der Waals surface area contributed by atoms with Gasteiger partial charge in [0.25, 0.3) is 5.91 Å². The second-order valence-corrected chi connectivity index (χ2v) is 6.84. The smallest absolute Gasteiger partial charge is 0.270 e. The van der Waals surface area contributed by atoms with Crippen LogP contribution in [-0.2, 0) is 0 Å². The number of nitrogens with zero attached hydrogens (tertiary/aromatic N) is 2. The minimum atomic E-state index is -0.108. The Bertz CT molecular complexity index is 483. The number of nitrogens with two attached hydrogens (primary N) is 1. The highest BCUT2D eigenvalue weighted by atomic mass is 32.1. The third-order valence-electron chi connectivity index (χ3n) is 4.08. The SMILES string of the molecule is CC(N)c1nc(C(=O)NCC2CCN(C3CC3)C2)cs1. The number of hydrogen-bond acceptors (Lipinski definition) is 5. The molecule has 110 valence electrons. The Labute approximate surface area is 123 Å². The van der Waals surface area contributed by atoms with E-state index in [0.29, 0.717) is 11.6 Å². The lowest BCUT2D eigenvalue weighted by Gasteiger charge is -2.14. The molecule has 2 heterocycles. The van der Waals surface area contributed by atoms with Crippen molar-refractivity contribution < 1.29 is 4.79 Å². The molecule has 2 unspecified atom stereocenters. The highest BCUT2D eigenvalue weighted by Gasteiger charge is 2.34. The van der Waals surface area contributed by atoms with Crippen molar-refractivity contribution in [3.63, 3.8) is 0 Å². The first-order chi connectivity index (χ1) is 9.63. The van der Waals surface area contributed by atoms with E-state index in [0.717, 1.165) is 24.1 Å². The van der Waals surface area contributed by atoms with E-state index >= 15 is 0 Å². The highest BCUT2D eigenvalue weighted by molar-refractivity contribution is 7.09. The maximum Gasteiger partial charge on any atom is 0.270 e. The van der Waals surface area contributed by atoms with Crippen LogP contribution in [0.25, 0.3) is 0 Å². The molecule has 5 nitrogen and oxygen atoms in total. The van der Waals surface area contributed by atoms with Gasteiger partial charge in [0, 0.05) is 24.5 Å². The number of aromatic nitrogens is 1. The lowest BCUT2D eigenvalue weighted by atomic mass is 10.1. The molecule has 2 aliphatic rings. The molecule has 20 heavy (non-hydrogen) atoms. The summed E-state index contributed by atoms with van der Waals surface area (Å²) >= 11 is 1.45. The van der Waals surface area contributed by atoms with Crippen molar-refractivity contribution in [2.45, 2.75) is 38.3 Å². The molecule has 0 spiro atoms. The Morgan fingerprint density at radius 1 is 1.60 bits per heavy atom. The molecule has 1 aromatic heterocycles. The van der Waals surface area contributed by atoms with E-state index < -0.39 is 0 Å².